The summed E-state index contributed by atoms with van der Waals surface area (Å²) in [5.41, 5.74) is 0.585. The van der Waals surface area contributed by atoms with Gasteiger partial charge in [0.1, 0.15) is 18.1 Å². The molecule has 1 aromatic carbocycles. The second-order valence-corrected chi connectivity index (χ2v) is 4.95. The number of ether oxygens (including phenoxy) is 2. The molecular weight excluding hydrogens is 254 g/mol. The number of methoxy groups -OCH3 is 1. The number of amides is 1. The van der Waals surface area contributed by atoms with Crippen LogP contribution in [0.2, 0.25) is 0 Å². The lowest BCUT2D eigenvalue weighted by Crippen LogP contribution is -2.33. The molecule has 1 saturated heterocycles. The first-order valence-electron chi connectivity index (χ1n) is 6.90. The van der Waals surface area contributed by atoms with Gasteiger partial charge in [-0.15, -0.1) is 0 Å². The van der Waals surface area contributed by atoms with E-state index in [1.54, 1.807) is 31.4 Å². The number of nitrogens with zero attached hydrogens (tertiary/aromatic N) is 1. The summed E-state index contributed by atoms with van der Waals surface area (Å²) in [6, 6.07) is 5.59. The van der Waals surface area contributed by atoms with Crippen molar-refractivity contribution in [2.24, 2.45) is 0 Å². The fraction of sp³-hybridized carbons (Fsp3) is 0.438. The fourth-order valence-electron chi connectivity index (χ4n) is 2.46. The van der Waals surface area contributed by atoms with Gasteiger partial charge in [-0.3, -0.25) is 4.79 Å². The number of likely N-dealkylation sites (tertiary alicyclic amines) is 1. The Morgan fingerprint density at radius 1 is 1.55 bits per heavy atom. The first kappa shape index (κ1) is 14.4. The Hall–Kier alpha value is -1.97. The highest BCUT2D eigenvalue weighted by Gasteiger charge is 2.28. The zero-order valence-electron chi connectivity index (χ0n) is 12.1. The van der Waals surface area contributed by atoms with Gasteiger partial charge in [0, 0.05) is 18.7 Å². The molecular formula is C16H21NO3. The molecule has 1 aromatic rings. The summed E-state index contributed by atoms with van der Waals surface area (Å²) >= 11 is 0. The van der Waals surface area contributed by atoms with Gasteiger partial charge in [-0.1, -0.05) is 12.7 Å². The minimum absolute atomic E-state index is 0.0247. The summed E-state index contributed by atoms with van der Waals surface area (Å²) in [6.07, 6.45) is 3.78. The zero-order chi connectivity index (χ0) is 14.5. The van der Waals surface area contributed by atoms with E-state index in [1.165, 1.54) is 0 Å². The van der Waals surface area contributed by atoms with Crippen LogP contribution in [0, 0.1) is 0 Å². The van der Waals surface area contributed by atoms with E-state index in [-0.39, 0.29) is 11.9 Å². The van der Waals surface area contributed by atoms with Crippen LogP contribution in [-0.2, 0) is 0 Å². The number of hydrogen-bond acceptors (Lipinski definition) is 3. The highest BCUT2D eigenvalue weighted by Crippen LogP contribution is 2.28. The highest BCUT2D eigenvalue weighted by molar-refractivity contribution is 5.97. The van der Waals surface area contributed by atoms with E-state index in [4.69, 9.17) is 9.47 Å². The van der Waals surface area contributed by atoms with E-state index in [2.05, 4.69) is 13.5 Å². The molecule has 108 valence electrons. The van der Waals surface area contributed by atoms with Crippen LogP contribution in [0.1, 0.15) is 30.1 Å². The average Bonchev–Trinajstić information content (AvgIpc) is 2.90. The van der Waals surface area contributed by atoms with Gasteiger partial charge in [0.25, 0.3) is 5.91 Å². The lowest BCUT2D eigenvalue weighted by Gasteiger charge is -2.22. The Kier molecular flexibility index (Phi) is 4.66. The molecule has 1 atom stereocenters. The smallest absolute Gasteiger partial charge is 0.257 e. The van der Waals surface area contributed by atoms with Gasteiger partial charge in [0.05, 0.1) is 12.7 Å². The Bertz CT molecular complexity index is 498. The second kappa shape index (κ2) is 6.46. The van der Waals surface area contributed by atoms with Crippen LogP contribution >= 0.6 is 0 Å². The van der Waals surface area contributed by atoms with E-state index in [1.807, 2.05) is 4.90 Å². The minimum Gasteiger partial charge on any atom is -0.497 e. The summed E-state index contributed by atoms with van der Waals surface area (Å²) in [5, 5.41) is 0. The Morgan fingerprint density at radius 2 is 2.35 bits per heavy atom. The average molecular weight is 275 g/mol. The number of benzene rings is 1. The van der Waals surface area contributed by atoms with Crippen LogP contribution in [0.15, 0.2) is 30.9 Å². The molecule has 4 nitrogen and oxygen atoms in total. The molecule has 0 spiro atoms. The van der Waals surface area contributed by atoms with Crippen molar-refractivity contribution in [3.63, 3.8) is 0 Å². The molecule has 0 bridgehead atoms. The molecule has 1 fully saturated rings. The summed E-state index contributed by atoms with van der Waals surface area (Å²) in [6.45, 7) is 6.89. The largest absolute Gasteiger partial charge is 0.497 e. The van der Waals surface area contributed by atoms with Gasteiger partial charge < -0.3 is 14.4 Å². The van der Waals surface area contributed by atoms with E-state index < -0.39 is 0 Å². The van der Waals surface area contributed by atoms with Gasteiger partial charge >= 0.3 is 0 Å². The van der Waals surface area contributed by atoms with Crippen LogP contribution in [0.5, 0.6) is 11.5 Å². The molecule has 0 saturated carbocycles. The number of carbonyl (C=O) groups excluding carboxylic acids is 1. The van der Waals surface area contributed by atoms with Crippen molar-refractivity contribution in [1.82, 2.24) is 4.90 Å². The molecule has 2 rings (SSSR count). The number of hydrogen-bond donors (Lipinski definition) is 0. The van der Waals surface area contributed by atoms with Crippen molar-refractivity contribution >= 4 is 5.91 Å². The third-order valence-corrected chi connectivity index (χ3v) is 3.59. The quantitative estimate of drug-likeness (QED) is 0.776. The molecule has 1 aliphatic rings. The van der Waals surface area contributed by atoms with Crippen LogP contribution in [0.25, 0.3) is 0 Å². The van der Waals surface area contributed by atoms with Crippen molar-refractivity contribution in [3.05, 3.63) is 36.4 Å². The predicted molar refractivity (Wildman–Crippen MR) is 78.4 cm³/mol. The third-order valence-electron chi connectivity index (χ3n) is 3.59. The lowest BCUT2D eigenvalue weighted by molar-refractivity contribution is 0.0743. The van der Waals surface area contributed by atoms with Crippen LogP contribution in [0.4, 0.5) is 0 Å². The normalized spacial score (nSPS) is 17.9. The summed E-state index contributed by atoms with van der Waals surface area (Å²) in [7, 11) is 1.59. The highest BCUT2D eigenvalue weighted by atomic mass is 16.5. The summed E-state index contributed by atoms with van der Waals surface area (Å²) in [4.78, 5) is 14.5. The first-order chi connectivity index (χ1) is 9.67. The monoisotopic (exact) mass is 275 g/mol. The molecule has 1 amide bonds. The predicted octanol–water partition coefficient (Wildman–Crippen LogP) is 2.88. The topological polar surface area (TPSA) is 38.8 Å². The lowest BCUT2D eigenvalue weighted by atomic mass is 10.1. The Morgan fingerprint density at radius 3 is 2.95 bits per heavy atom. The molecule has 0 radical (unpaired) electrons. The van der Waals surface area contributed by atoms with E-state index in [0.717, 1.165) is 19.4 Å². The van der Waals surface area contributed by atoms with Gasteiger partial charge in [0.2, 0.25) is 0 Å². The first-order valence-corrected chi connectivity index (χ1v) is 6.90. The minimum atomic E-state index is 0.0247. The molecule has 1 unspecified atom stereocenters. The molecule has 1 aliphatic heterocycles. The fourth-order valence-corrected chi connectivity index (χ4v) is 2.46. The Labute approximate surface area is 120 Å². The van der Waals surface area contributed by atoms with E-state index in [9.17, 15) is 4.79 Å². The van der Waals surface area contributed by atoms with Gasteiger partial charge in [-0.2, -0.15) is 0 Å². The number of rotatable bonds is 5. The maximum absolute atomic E-state index is 12.6. The van der Waals surface area contributed by atoms with Crippen molar-refractivity contribution in [2.45, 2.75) is 25.8 Å². The third kappa shape index (κ3) is 2.95. The maximum Gasteiger partial charge on any atom is 0.257 e. The van der Waals surface area contributed by atoms with Crippen LogP contribution in [0.3, 0.4) is 0 Å². The molecule has 0 aliphatic carbocycles. The van der Waals surface area contributed by atoms with Gasteiger partial charge in [-0.25, -0.2) is 0 Å². The maximum atomic E-state index is 12.6. The molecule has 1 heterocycles. The van der Waals surface area contributed by atoms with E-state index in [0.29, 0.717) is 23.7 Å². The van der Waals surface area contributed by atoms with Crippen LogP contribution < -0.4 is 9.47 Å². The standard InChI is InChI=1S/C16H21NO3/c1-4-10-20-15-11-13(19-3)7-8-14(15)16(18)17-9-5-6-12(17)2/h4,7-8,11-12H,1,5-6,9-10H2,2-3H3. The summed E-state index contributed by atoms with van der Waals surface area (Å²) in [5.74, 6) is 1.25. The number of carbonyl (C=O) groups is 1. The summed E-state index contributed by atoms with van der Waals surface area (Å²) < 4.78 is 10.8. The second-order valence-electron chi connectivity index (χ2n) is 4.95. The SMILES string of the molecule is C=CCOc1cc(OC)ccc1C(=O)N1CCCC1C. The van der Waals surface area contributed by atoms with E-state index >= 15 is 0 Å². The molecule has 0 N–H and O–H groups in total. The van der Waals surface area contributed by atoms with Crippen molar-refractivity contribution < 1.29 is 14.3 Å². The Balaban J connectivity index is 2.28. The molecule has 0 aromatic heterocycles. The van der Waals surface area contributed by atoms with Crippen LogP contribution in [-0.4, -0.2) is 37.1 Å². The molecule has 4 heteroatoms. The van der Waals surface area contributed by atoms with Gasteiger partial charge in [0.15, 0.2) is 0 Å². The van der Waals surface area contributed by atoms with Crippen molar-refractivity contribution in [3.8, 4) is 11.5 Å². The van der Waals surface area contributed by atoms with Crippen molar-refractivity contribution in [1.29, 1.82) is 0 Å². The van der Waals surface area contributed by atoms with Crippen molar-refractivity contribution in [2.75, 3.05) is 20.3 Å². The van der Waals surface area contributed by atoms with Gasteiger partial charge in [-0.05, 0) is 31.9 Å². The zero-order valence-corrected chi connectivity index (χ0v) is 12.1. The molecule has 20 heavy (non-hydrogen) atoms.